The van der Waals surface area contributed by atoms with E-state index in [1.165, 1.54) is 16.8 Å². The van der Waals surface area contributed by atoms with E-state index in [0.29, 0.717) is 36.1 Å². The normalized spacial score (nSPS) is 11.0. The van der Waals surface area contributed by atoms with Crippen LogP contribution in [-0.4, -0.2) is 25.5 Å². The summed E-state index contributed by atoms with van der Waals surface area (Å²) in [5.41, 5.74) is 2.47. The molecular weight excluding hydrogens is 397 g/mol. The first-order chi connectivity index (χ1) is 15.0. The maximum absolute atomic E-state index is 12.9. The number of fused-ring (bicyclic) bond motifs is 1. The van der Waals surface area contributed by atoms with Gasteiger partial charge in [0.05, 0.1) is 11.4 Å². The fraction of sp³-hybridized carbons (Fsp3) is 0.217. The van der Waals surface area contributed by atoms with Gasteiger partial charge in [-0.1, -0.05) is 30.3 Å². The number of hydrogen-bond acceptors (Lipinski definition) is 4. The van der Waals surface area contributed by atoms with Gasteiger partial charge in [-0.05, 0) is 43.2 Å². The molecule has 7 nitrogen and oxygen atoms in total. The lowest BCUT2D eigenvalue weighted by molar-refractivity contribution is -0.121. The number of aryl methyl sites for hydroxylation is 2. The van der Waals surface area contributed by atoms with Gasteiger partial charge in [0.1, 0.15) is 5.82 Å². The van der Waals surface area contributed by atoms with Gasteiger partial charge in [-0.15, -0.1) is 0 Å². The first kappa shape index (κ1) is 20.5. The molecule has 0 atom stereocenters. The van der Waals surface area contributed by atoms with E-state index in [9.17, 15) is 14.0 Å². The number of aromatic nitrogens is 4. The van der Waals surface area contributed by atoms with Crippen LogP contribution in [0.4, 0.5) is 4.39 Å². The third kappa shape index (κ3) is 4.69. The second-order valence-corrected chi connectivity index (χ2v) is 7.29. The molecule has 0 radical (unpaired) electrons. The zero-order chi connectivity index (χ0) is 21.8. The number of carbonyl (C=O) groups excluding carboxylic acids is 1. The first-order valence-corrected chi connectivity index (χ1v) is 10.0. The zero-order valence-electron chi connectivity index (χ0n) is 17.1. The molecule has 1 amide bonds. The van der Waals surface area contributed by atoms with Gasteiger partial charge in [-0.2, -0.15) is 10.2 Å². The Kier molecular flexibility index (Phi) is 5.88. The standard InChI is InChI=1S/C23H22FN5O2/c1-16-20-15-29(19-6-3-2-4-7-19)27-22(20)23(31)28(26-16)13-5-8-21(30)25-14-17-9-11-18(24)12-10-17/h2-4,6-7,9-12,15H,5,8,13-14H2,1H3,(H,25,30). The molecule has 8 heteroatoms. The topological polar surface area (TPSA) is 81.8 Å². The van der Waals surface area contributed by atoms with Gasteiger partial charge in [0.15, 0.2) is 5.52 Å². The number of nitrogens with zero attached hydrogens (tertiary/aromatic N) is 4. The molecular formula is C23H22FN5O2. The van der Waals surface area contributed by atoms with Gasteiger partial charge < -0.3 is 5.32 Å². The van der Waals surface area contributed by atoms with Crippen molar-refractivity contribution in [2.45, 2.75) is 32.9 Å². The molecule has 0 bridgehead atoms. The number of rotatable bonds is 7. The number of benzene rings is 2. The third-order valence-corrected chi connectivity index (χ3v) is 5.01. The fourth-order valence-corrected chi connectivity index (χ4v) is 3.34. The Morgan fingerprint density at radius 2 is 1.81 bits per heavy atom. The van der Waals surface area contributed by atoms with Crippen molar-refractivity contribution in [1.29, 1.82) is 0 Å². The van der Waals surface area contributed by atoms with Crippen molar-refractivity contribution in [1.82, 2.24) is 24.9 Å². The Morgan fingerprint density at radius 1 is 1.06 bits per heavy atom. The highest BCUT2D eigenvalue weighted by Crippen LogP contribution is 2.15. The number of hydrogen-bond donors (Lipinski definition) is 1. The lowest BCUT2D eigenvalue weighted by Crippen LogP contribution is -2.26. The summed E-state index contributed by atoms with van der Waals surface area (Å²) in [6.07, 6.45) is 2.53. The monoisotopic (exact) mass is 419 g/mol. The van der Waals surface area contributed by atoms with E-state index in [4.69, 9.17) is 0 Å². The van der Waals surface area contributed by atoms with E-state index in [-0.39, 0.29) is 23.7 Å². The molecule has 1 N–H and O–H groups in total. The van der Waals surface area contributed by atoms with Crippen LogP contribution in [0.1, 0.15) is 24.1 Å². The minimum atomic E-state index is -0.311. The van der Waals surface area contributed by atoms with Crippen LogP contribution in [0.2, 0.25) is 0 Å². The smallest absolute Gasteiger partial charge is 0.295 e. The van der Waals surface area contributed by atoms with Crippen LogP contribution < -0.4 is 10.9 Å². The maximum atomic E-state index is 12.9. The molecule has 2 aromatic heterocycles. The molecule has 31 heavy (non-hydrogen) atoms. The molecule has 0 saturated carbocycles. The minimum absolute atomic E-state index is 0.136. The van der Waals surface area contributed by atoms with Gasteiger partial charge in [0.2, 0.25) is 5.91 Å². The molecule has 158 valence electrons. The van der Waals surface area contributed by atoms with Crippen LogP contribution in [0.25, 0.3) is 16.6 Å². The van der Waals surface area contributed by atoms with Gasteiger partial charge in [-0.3, -0.25) is 9.59 Å². The van der Waals surface area contributed by atoms with Crippen LogP contribution in [0.15, 0.2) is 65.6 Å². The summed E-state index contributed by atoms with van der Waals surface area (Å²) in [6.45, 7) is 2.49. The lowest BCUT2D eigenvalue weighted by atomic mass is 10.2. The zero-order valence-corrected chi connectivity index (χ0v) is 17.1. The van der Waals surface area contributed by atoms with Crippen LogP contribution in [-0.2, 0) is 17.9 Å². The Labute approximate surface area is 178 Å². The summed E-state index contributed by atoms with van der Waals surface area (Å²) < 4.78 is 16.0. The molecule has 0 unspecified atom stereocenters. The Hall–Kier alpha value is -3.81. The number of para-hydroxylation sites is 1. The van der Waals surface area contributed by atoms with E-state index in [1.807, 2.05) is 43.5 Å². The second-order valence-electron chi connectivity index (χ2n) is 7.29. The quantitative estimate of drug-likeness (QED) is 0.499. The SMILES string of the molecule is Cc1nn(CCCC(=O)NCc2ccc(F)cc2)c(=O)c2nn(-c3ccccc3)cc12. The highest BCUT2D eigenvalue weighted by molar-refractivity contribution is 5.79. The number of carbonyl (C=O) groups is 1. The molecule has 2 heterocycles. The molecule has 4 rings (SSSR count). The van der Waals surface area contributed by atoms with E-state index in [2.05, 4.69) is 15.5 Å². The Balaban J connectivity index is 1.40. The van der Waals surface area contributed by atoms with E-state index < -0.39 is 0 Å². The summed E-state index contributed by atoms with van der Waals surface area (Å²) >= 11 is 0. The molecule has 0 fully saturated rings. The van der Waals surface area contributed by atoms with Gasteiger partial charge in [-0.25, -0.2) is 13.8 Å². The van der Waals surface area contributed by atoms with Crippen molar-refractivity contribution in [3.63, 3.8) is 0 Å². The number of nitrogens with one attached hydrogen (secondary N) is 1. The summed E-state index contributed by atoms with van der Waals surface area (Å²) in [6, 6.07) is 15.5. The average molecular weight is 419 g/mol. The van der Waals surface area contributed by atoms with E-state index >= 15 is 0 Å². The van der Waals surface area contributed by atoms with Gasteiger partial charge in [0.25, 0.3) is 5.56 Å². The molecule has 4 aromatic rings. The predicted octanol–water partition coefficient (Wildman–Crippen LogP) is 3.13. The number of amides is 1. The summed E-state index contributed by atoms with van der Waals surface area (Å²) in [7, 11) is 0. The number of halogens is 1. The fourth-order valence-electron chi connectivity index (χ4n) is 3.34. The average Bonchev–Trinajstić information content (AvgIpc) is 3.24. The molecule has 0 saturated heterocycles. The van der Waals surface area contributed by atoms with Crippen LogP contribution in [0, 0.1) is 12.7 Å². The van der Waals surface area contributed by atoms with Gasteiger partial charge in [0, 0.05) is 31.1 Å². The van der Waals surface area contributed by atoms with E-state index in [0.717, 1.165) is 11.3 Å². The van der Waals surface area contributed by atoms with Gasteiger partial charge >= 0.3 is 0 Å². The van der Waals surface area contributed by atoms with Crippen LogP contribution >= 0.6 is 0 Å². The molecule has 0 aliphatic carbocycles. The lowest BCUT2D eigenvalue weighted by Gasteiger charge is -2.07. The Bertz CT molecular complexity index is 1260. The summed E-state index contributed by atoms with van der Waals surface area (Å²) in [4.78, 5) is 24.9. The largest absolute Gasteiger partial charge is 0.352 e. The molecule has 0 aliphatic rings. The Morgan fingerprint density at radius 3 is 2.55 bits per heavy atom. The second kappa shape index (κ2) is 8.91. The van der Waals surface area contributed by atoms with Crippen molar-refractivity contribution in [2.75, 3.05) is 0 Å². The summed E-state index contributed by atoms with van der Waals surface area (Å²) in [5.74, 6) is -0.447. The predicted molar refractivity (Wildman–Crippen MR) is 115 cm³/mol. The summed E-state index contributed by atoms with van der Waals surface area (Å²) in [5, 5.41) is 12.4. The van der Waals surface area contributed by atoms with Crippen molar-refractivity contribution < 1.29 is 9.18 Å². The third-order valence-electron chi connectivity index (χ3n) is 5.01. The van der Waals surface area contributed by atoms with E-state index in [1.54, 1.807) is 16.8 Å². The van der Waals surface area contributed by atoms with Crippen molar-refractivity contribution >= 4 is 16.8 Å². The highest BCUT2D eigenvalue weighted by Gasteiger charge is 2.13. The molecule has 2 aromatic carbocycles. The van der Waals surface area contributed by atoms with Crippen molar-refractivity contribution in [3.8, 4) is 5.69 Å². The minimum Gasteiger partial charge on any atom is -0.352 e. The maximum Gasteiger partial charge on any atom is 0.295 e. The first-order valence-electron chi connectivity index (χ1n) is 10.0. The molecule has 0 aliphatic heterocycles. The van der Waals surface area contributed by atoms with Crippen molar-refractivity contribution in [3.05, 3.63) is 88.2 Å². The molecule has 0 spiro atoms. The van der Waals surface area contributed by atoms with Crippen LogP contribution in [0.3, 0.4) is 0 Å². The highest BCUT2D eigenvalue weighted by atomic mass is 19.1. The van der Waals surface area contributed by atoms with Crippen molar-refractivity contribution in [2.24, 2.45) is 0 Å². The van der Waals surface area contributed by atoms with Crippen LogP contribution in [0.5, 0.6) is 0 Å².